The number of hydrogen-bond acceptors (Lipinski definition) is 6. The third-order valence-corrected chi connectivity index (χ3v) is 6.96. The summed E-state index contributed by atoms with van der Waals surface area (Å²) in [6.07, 6.45) is 9.88. The number of carbonyl (C=O) groups is 1. The number of pyridine rings is 2. The maximum absolute atomic E-state index is 11.3. The van der Waals surface area contributed by atoms with Gasteiger partial charge in [0.05, 0.1) is 28.0 Å². The molecule has 0 atom stereocenters. The maximum Gasteiger partial charge on any atom is 0.306 e. The standard InChI is InChI=1S/C23H21BrN6O2/c24-19-20(13-3-5-14(6-4-13)23(31)32)29-22-17(12-28-30(22)21(19)25)15-7-8-18(27-11-15)16-2-1-9-26-10-16/h1-2,7-14H,3-6,25H2,(H,31,32)/t13-,14-. The van der Waals surface area contributed by atoms with Gasteiger partial charge in [0, 0.05) is 41.2 Å². The molecule has 1 saturated carbocycles. The fourth-order valence-corrected chi connectivity index (χ4v) is 4.92. The van der Waals surface area contributed by atoms with Crippen LogP contribution in [0.15, 0.2) is 53.5 Å². The molecule has 0 bridgehead atoms. The molecule has 5 rings (SSSR count). The summed E-state index contributed by atoms with van der Waals surface area (Å²) in [5, 5.41) is 13.7. The quantitative estimate of drug-likeness (QED) is 0.428. The van der Waals surface area contributed by atoms with Crippen LogP contribution in [0.4, 0.5) is 5.82 Å². The Balaban J connectivity index is 1.51. The van der Waals surface area contributed by atoms with Gasteiger partial charge in [-0.25, -0.2) is 4.98 Å². The summed E-state index contributed by atoms with van der Waals surface area (Å²) in [5.74, 6) is -0.357. The molecule has 9 heteroatoms. The molecule has 3 N–H and O–H groups in total. The minimum Gasteiger partial charge on any atom is -0.481 e. The Hall–Kier alpha value is -3.33. The van der Waals surface area contributed by atoms with E-state index in [1.54, 1.807) is 29.3 Å². The van der Waals surface area contributed by atoms with Crippen molar-refractivity contribution in [1.29, 1.82) is 0 Å². The van der Waals surface area contributed by atoms with Crippen LogP contribution in [-0.2, 0) is 4.79 Å². The van der Waals surface area contributed by atoms with Crippen molar-refractivity contribution in [2.75, 3.05) is 5.73 Å². The van der Waals surface area contributed by atoms with Crippen LogP contribution in [0.2, 0.25) is 0 Å². The lowest BCUT2D eigenvalue weighted by molar-refractivity contribution is -0.142. The Labute approximate surface area is 192 Å². The number of fused-ring (bicyclic) bond motifs is 1. The van der Waals surface area contributed by atoms with E-state index in [0.717, 1.165) is 45.4 Å². The molecule has 1 aliphatic carbocycles. The van der Waals surface area contributed by atoms with Crippen LogP contribution in [0.25, 0.3) is 28.0 Å². The smallest absolute Gasteiger partial charge is 0.306 e. The number of hydrogen-bond donors (Lipinski definition) is 2. The lowest BCUT2D eigenvalue weighted by Crippen LogP contribution is -2.21. The summed E-state index contributed by atoms with van der Waals surface area (Å²) >= 11 is 3.60. The molecule has 4 aromatic heterocycles. The van der Waals surface area contributed by atoms with Crippen LogP contribution in [0.3, 0.4) is 0 Å². The predicted octanol–water partition coefficient (Wildman–Crippen LogP) is 4.56. The highest BCUT2D eigenvalue weighted by Gasteiger charge is 2.30. The largest absolute Gasteiger partial charge is 0.481 e. The normalized spacial score (nSPS) is 18.7. The van der Waals surface area contributed by atoms with Gasteiger partial charge in [0.1, 0.15) is 5.82 Å². The molecule has 0 aromatic carbocycles. The summed E-state index contributed by atoms with van der Waals surface area (Å²) in [6.45, 7) is 0. The number of nitrogens with zero attached hydrogens (tertiary/aromatic N) is 5. The van der Waals surface area contributed by atoms with Crippen molar-refractivity contribution in [3.05, 3.63) is 59.2 Å². The Kier molecular flexibility index (Phi) is 5.34. The number of aliphatic carboxylic acids is 1. The van der Waals surface area contributed by atoms with Crippen molar-refractivity contribution in [3.63, 3.8) is 0 Å². The van der Waals surface area contributed by atoms with Gasteiger partial charge in [-0.1, -0.05) is 6.07 Å². The van der Waals surface area contributed by atoms with E-state index < -0.39 is 5.97 Å². The minimum atomic E-state index is -0.717. The van der Waals surface area contributed by atoms with Crippen LogP contribution in [0.5, 0.6) is 0 Å². The lowest BCUT2D eigenvalue weighted by atomic mass is 9.80. The van der Waals surface area contributed by atoms with Gasteiger partial charge in [-0.3, -0.25) is 14.8 Å². The predicted molar refractivity (Wildman–Crippen MR) is 124 cm³/mol. The van der Waals surface area contributed by atoms with Crippen molar-refractivity contribution >= 4 is 33.4 Å². The number of anilines is 1. The second kappa shape index (κ2) is 8.31. The lowest BCUT2D eigenvalue weighted by Gasteiger charge is -2.26. The topological polar surface area (TPSA) is 119 Å². The first-order valence-electron chi connectivity index (χ1n) is 10.4. The number of halogens is 1. The van der Waals surface area contributed by atoms with E-state index in [9.17, 15) is 9.90 Å². The van der Waals surface area contributed by atoms with Crippen LogP contribution in [-0.4, -0.2) is 35.6 Å². The zero-order valence-electron chi connectivity index (χ0n) is 17.1. The van der Waals surface area contributed by atoms with Crippen molar-refractivity contribution in [2.24, 2.45) is 5.92 Å². The SMILES string of the molecule is Nc1c(Br)c([C@H]2CC[C@H](C(=O)O)CC2)nc2c(-c3ccc(-c4cccnc4)nc3)cnn12. The van der Waals surface area contributed by atoms with E-state index in [1.165, 1.54) is 0 Å². The number of nitrogen functional groups attached to an aromatic ring is 1. The molecule has 162 valence electrons. The maximum atomic E-state index is 11.3. The summed E-state index contributed by atoms with van der Waals surface area (Å²) in [7, 11) is 0. The first-order valence-corrected chi connectivity index (χ1v) is 11.2. The molecule has 1 fully saturated rings. The number of carboxylic acid groups (broad SMARTS) is 1. The van der Waals surface area contributed by atoms with E-state index in [1.807, 2.05) is 24.3 Å². The highest BCUT2D eigenvalue weighted by Crippen LogP contribution is 2.40. The third kappa shape index (κ3) is 3.62. The number of nitrogens with two attached hydrogens (primary N) is 1. The van der Waals surface area contributed by atoms with Crippen molar-refractivity contribution in [2.45, 2.75) is 31.6 Å². The molecular formula is C23H21BrN6O2. The zero-order chi connectivity index (χ0) is 22.2. The first-order chi connectivity index (χ1) is 15.5. The van der Waals surface area contributed by atoms with E-state index in [-0.39, 0.29) is 11.8 Å². The number of aromatic nitrogens is 5. The highest BCUT2D eigenvalue weighted by molar-refractivity contribution is 9.10. The molecule has 0 radical (unpaired) electrons. The molecule has 1 aliphatic rings. The average molecular weight is 493 g/mol. The molecule has 4 heterocycles. The van der Waals surface area contributed by atoms with Gasteiger partial charge in [-0.05, 0) is 59.8 Å². The second-order valence-electron chi connectivity index (χ2n) is 8.05. The molecular weight excluding hydrogens is 472 g/mol. The van der Waals surface area contributed by atoms with E-state index in [4.69, 9.17) is 10.7 Å². The zero-order valence-corrected chi connectivity index (χ0v) is 18.7. The van der Waals surface area contributed by atoms with Crippen LogP contribution < -0.4 is 5.73 Å². The first kappa shape index (κ1) is 20.6. The van der Waals surface area contributed by atoms with Crippen molar-refractivity contribution in [3.8, 4) is 22.4 Å². The molecule has 0 amide bonds. The third-order valence-electron chi connectivity index (χ3n) is 6.14. The summed E-state index contributed by atoms with van der Waals surface area (Å²) in [4.78, 5) is 25.0. The van der Waals surface area contributed by atoms with E-state index >= 15 is 0 Å². The Bertz CT molecular complexity index is 1280. The van der Waals surface area contributed by atoms with Gasteiger partial charge in [0.15, 0.2) is 5.65 Å². The molecule has 0 unspecified atom stereocenters. The Morgan fingerprint density at radius 1 is 1.09 bits per heavy atom. The Morgan fingerprint density at radius 2 is 1.91 bits per heavy atom. The van der Waals surface area contributed by atoms with Crippen LogP contribution in [0, 0.1) is 5.92 Å². The molecule has 0 aliphatic heterocycles. The summed E-state index contributed by atoms with van der Waals surface area (Å²) < 4.78 is 2.35. The number of carboxylic acids is 1. The fourth-order valence-electron chi connectivity index (χ4n) is 4.34. The minimum absolute atomic E-state index is 0.154. The Morgan fingerprint density at radius 3 is 2.56 bits per heavy atom. The fraction of sp³-hybridized carbons (Fsp3) is 0.261. The molecule has 0 spiro atoms. The number of rotatable bonds is 4. The van der Waals surface area contributed by atoms with Gasteiger partial charge in [0.25, 0.3) is 0 Å². The summed E-state index contributed by atoms with van der Waals surface area (Å²) in [5.41, 5.74) is 11.4. The average Bonchev–Trinajstić information content (AvgIpc) is 3.26. The molecule has 0 saturated heterocycles. The van der Waals surface area contributed by atoms with Gasteiger partial charge >= 0.3 is 5.97 Å². The molecule has 4 aromatic rings. The van der Waals surface area contributed by atoms with Crippen LogP contribution in [0.1, 0.15) is 37.3 Å². The molecule has 32 heavy (non-hydrogen) atoms. The van der Waals surface area contributed by atoms with Gasteiger partial charge in [0.2, 0.25) is 0 Å². The van der Waals surface area contributed by atoms with Crippen molar-refractivity contribution in [1.82, 2.24) is 24.6 Å². The van der Waals surface area contributed by atoms with Gasteiger partial charge < -0.3 is 10.8 Å². The van der Waals surface area contributed by atoms with E-state index in [0.29, 0.717) is 24.3 Å². The highest BCUT2D eigenvalue weighted by atomic mass is 79.9. The summed E-state index contributed by atoms with van der Waals surface area (Å²) in [6, 6.07) is 7.79. The molecule has 8 nitrogen and oxygen atoms in total. The monoisotopic (exact) mass is 492 g/mol. The van der Waals surface area contributed by atoms with Crippen molar-refractivity contribution < 1.29 is 9.90 Å². The van der Waals surface area contributed by atoms with E-state index in [2.05, 4.69) is 31.0 Å². The second-order valence-corrected chi connectivity index (χ2v) is 8.84. The van der Waals surface area contributed by atoms with Crippen LogP contribution >= 0.6 is 15.9 Å². The van der Waals surface area contributed by atoms with Gasteiger partial charge in [-0.15, -0.1) is 0 Å². The van der Waals surface area contributed by atoms with Gasteiger partial charge in [-0.2, -0.15) is 9.61 Å².